The number of carbonyl (C=O) groups is 3. The maximum absolute atomic E-state index is 13.0. The molecule has 4 rings (SSSR count). The van der Waals surface area contributed by atoms with E-state index < -0.39 is 17.3 Å². The average molecular weight is 417 g/mol. The average Bonchev–Trinajstić information content (AvgIpc) is 2.79. The molecule has 5 nitrogen and oxygen atoms in total. The fourth-order valence-electron chi connectivity index (χ4n) is 3.21. The number of carbonyl (C=O) groups excluding carboxylic acids is 3. The lowest BCUT2D eigenvalue weighted by Gasteiger charge is -2.24. The van der Waals surface area contributed by atoms with Gasteiger partial charge in [-0.25, -0.2) is 0 Å². The van der Waals surface area contributed by atoms with Gasteiger partial charge in [0.25, 0.3) is 0 Å². The lowest BCUT2D eigenvalue weighted by molar-refractivity contribution is -0.148. The summed E-state index contributed by atoms with van der Waals surface area (Å²) >= 11 is 1.32. The Kier molecular flexibility index (Phi) is 5.95. The van der Waals surface area contributed by atoms with Crippen LogP contribution in [0.2, 0.25) is 0 Å². The van der Waals surface area contributed by atoms with Crippen LogP contribution in [0.3, 0.4) is 0 Å². The van der Waals surface area contributed by atoms with Crippen LogP contribution < -0.4 is 5.32 Å². The monoisotopic (exact) mass is 417 g/mol. The van der Waals surface area contributed by atoms with Crippen molar-refractivity contribution in [1.82, 2.24) is 0 Å². The van der Waals surface area contributed by atoms with Crippen LogP contribution in [0.15, 0.2) is 89.8 Å². The number of ketones is 1. The third kappa shape index (κ3) is 4.44. The van der Waals surface area contributed by atoms with Crippen molar-refractivity contribution in [3.63, 3.8) is 0 Å². The molecule has 6 heteroatoms. The Morgan fingerprint density at radius 3 is 2.27 bits per heavy atom. The molecule has 1 N–H and O–H groups in total. The standard InChI is InChI=1S/C24H19NO4S/c26-21(15-20-24(28)25-18-13-7-8-14-19(18)30-20)29-23(17-11-5-2-6-12-17)22(27)16-9-3-1-4-10-16/h1-14,20,23H,15H2,(H,25,28)/t20-,23-/m1/s1. The van der Waals surface area contributed by atoms with Crippen LogP contribution >= 0.6 is 11.8 Å². The van der Waals surface area contributed by atoms with Crippen LogP contribution in [0.4, 0.5) is 5.69 Å². The van der Waals surface area contributed by atoms with Crippen LogP contribution in [0.1, 0.15) is 28.4 Å². The van der Waals surface area contributed by atoms with Crippen molar-refractivity contribution >= 4 is 35.1 Å². The summed E-state index contributed by atoms with van der Waals surface area (Å²) in [6.07, 6.45) is -1.19. The molecule has 0 unspecified atom stereocenters. The van der Waals surface area contributed by atoms with E-state index in [0.29, 0.717) is 11.1 Å². The largest absolute Gasteiger partial charge is 0.449 e. The summed E-state index contributed by atoms with van der Waals surface area (Å²) in [6, 6.07) is 25.0. The number of hydrogen-bond acceptors (Lipinski definition) is 5. The summed E-state index contributed by atoms with van der Waals surface area (Å²) in [6.45, 7) is 0. The normalized spacial score (nSPS) is 16.1. The molecule has 3 aromatic carbocycles. The van der Waals surface area contributed by atoms with Gasteiger partial charge in [-0.15, -0.1) is 11.8 Å². The van der Waals surface area contributed by atoms with Crippen LogP contribution in [0.25, 0.3) is 0 Å². The first-order valence-corrected chi connectivity index (χ1v) is 10.4. The molecular formula is C24H19NO4S. The predicted molar refractivity (Wildman–Crippen MR) is 115 cm³/mol. The summed E-state index contributed by atoms with van der Waals surface area (Å²) < 4.78 is 5.61. The van der Waals surface area contributed by atoms with Crippen LogP contribution in [0.5, 0.6) is 0 Å². The van der Waals surface area contributed by atoms with Gasteiger partial charge in [-0.2, -0.15) is 0 Å². The second-order valence-corrected chi connectivity index (χ2v) is 8.05. The Hall–Kier alpha value is -3.38. The molecule has 1 aliphatic rings. The number of esters is 1. The second kappa shape index (κ2) is 8.97. The number of ether oxygens (including phenoxy) is 1. The molecule has 0 saturated carbocycles. The molecule has 0 fully saturated rings. The molecule has 1 heterocycles. The molecule has 30 heavy (non-hydrogen) atoms. The van der Waals surface area contributed by atoms with Gasteiger partial charge in [-0.3, -0.25) is 14.4 Å². The number of rotatable bonds is 6. The number of fused-ring (bicyclic) bond motifs is 1. The summed E-state index contributed by atoms with van der Waals surface area (Å²) in [7, 11) is 0. The molecule has 1 amide bonds. The van der Waals surface area contributed by atoms with Gasteiger partial charge >= 0.3 is 5.97 Å². The van der Waals surface area contributed by atoms with E-state index >= 15 is 0 Å². The summed E-state index contributed by atoms with van der Waals surface area (Å²) in [5.41, 5.74) is 1.78. The van der Waals surface area contributed by atoms with Crippen molar-refractivity contribution in [2.75, 3.05) is 5.32 Å². The zero-order valence-corrected chi connectivity index (χ0v) is 16.8. The zero-order valence-electron chi connectivity index (χ0n) is 16.0. The lowest BCUT2D eigenvalue weighted by Crippen LogP contribution is -2.32. The molecule has 150 valence electrons. The Morgan fingerprint density at radius 1 is 0.900 bits per heavy atom. The summed E-state index contributed by atoms with van der Waals surface area (Å²) in [4.78, 5) is 39.1. The first-order valence-electron chi connectivity index (χ1n) is 9.52. The Bertz CT molecular complexity index is 1070. The van der Waals surface area contributed by atoms with Crippen molar-refractivity contribution in [2.24, 2.45) is 0 Å². The molecule has 2 atom stereocenters. The SMILES string of the molecule is O=C(C[C@H]1Sc2ccccc2NC1=O)O[C@@H](C(=O)c1ccccc1)c1ccccc1. The topological polar surface area (TPSA) is 72.5 Å². The Morgan fingerprint density at radius 2 is 1.53 bits per heavy atom. The highest BCUT2D eigenvalue weighted by atomic mass is 32.2. The van der Waals surface area contributed by atoms with E-state index in [1.807, 2.05) is 36.4 Å². The predicted octanol–water partition coefficient (Wildman–Crippen LogP) is 4.66. The third-order valence-electron chi connectivity index (χ3n) is 4.71. The van der Waals surface area contributed by atoms with Crippen molar-refractivity contribution in [3.05, 3.63) is 96.1 Å². The van der Waals surface area contributed by atoms with Gasteiger partial charge in [0.15, 0.2) is 6.10 Å². The Balaban J connectivity index is 1.51. The number of Topliss-reactive ketones (excluding diaryl/α,β-unsaturated/α-hetero) is 1. The van der Waals surface area contributed by atoms with E-state index in [-0.39, 0.29) is 18.1 Å². The van der Waals surface area contributed by atoms with E-state index in [2.05, 4.69) is 5.32 Å². The highest BCUT2D eigenvalue weighted by molar-refractivity contribution is 8.01. The van der Waals surface area contributed by atoms with E-state index in [4.69, 9.17) is 4.74 Å². The van der Waals surface area contributed by atoms with E-state index in [9.17, 15) is 14.4 Å². The van der Waals surface area contributed by atoms with Crippen LogP contribution in [0, 0.1) is 0 Å². The van der Waals surface area contributed by atoms with Gasteiger partial charge in [-0.05, 0) is 12.1 Å². The molecule has 0 saturated heterocycles. The van der Waals surface area contributed by atoms with Gasteiger partial charge in [0.2, 0.25) is 11.7 Å². The third-order valence-corrected chi connectivity index (χ3v) is 5.98. The number of anilines is 1. The van der Waals surface area contributed by atoms with Crippen LogP contribution in [-0.2, 0) is 14.3 Å². The van der Waals surface area contributed by atoms with Crippen molar-refractivity contribution in [3.8, 4) is 0 Å². The molecule has 3 aromatic rings. The minimum absolute atomic E-state index is 0.129. The highest BCUT2D eigenvalue weighted by Gasteiger charge is 2.32. The van der Waals surface area contributed by atoms with Gasteiger partial charge in [0.1, 0.15) is 0 Å². The number of thioether (sulfide) groups is 1. The fraction of sp³-hybridized carbons (Fsp3) is 0.125. The first kappa shape index (κ1) is 19.9. The van der Waals surface area contributed by atoms with E-state index in [1.165, 1.54) is 11.8 Å². The molecular weight excluding hydrogens is 398 g/mol. The minimum atomic E-state index is -1.06. The molecule has 0 spiro atoms. The molecule has 0 radical (unpaired) electrons. The quantitative estimate of drug-likeness (QED) is 0.467. The summed E-state index contributed by atoms with van der Waals surface area (Å²) in [5.74, 6) is -1.15. The number of hydrogen-bond donors (Lipinski definition) is 1. The lowest BCUT2D eigenvalue weighted by atomic mass is 10.00. The number of amides is 1. The highest BCUT2D eigenvalue weighted by Crippen LogP contribution is 2.37. The molecule has 0 aromatic heterocycles. The number of benzene rings is 3. The number of para-hydroxylation sites is 1. The molecule has 1 aliphatic heterocycles. The van der Waals surface area contributed by atoms with Crippen molar-refractivity contribution in [1.29, 1.82) is 0 Å². The van der Waals surface area contributed by atoms with Crippen molar-refractivity contribution in [2.45, 2.75) is 22.7 Å². The molecule has 0 aliphatic carbocycles. The molecule has 0 bridgehead atoms. The number of nitrogens with one attached hydrogen (secondary N) is 1. The van der Waals surface area contributed by atoms with Gasteiger partial charge < -0.3 is 10.1 Å². The smallest absolute Gasteiger partial charge is 0.308 e. The van der Waals surface area contributed by atoms with Gasteiger partial charge in [0.05, 0.1) is 17.4 Å². The van der Waals surface area contributed by atoms with E-state index in [1.54, 1.807) is 48.5 Å². The van der Waals surface area contributed by atoms with E-state index in [0.717, 1.165) is 10.6 Å². The fourth-order valence-corrected chi connectivity index (χ4v) is 4.31. The first-order chi connectivity index (χ1) is 14.6. The van der Waals surface area contributed by atoms with Crippen LogP contribution in [-0.4, -0.2) is 22.9 Å². The van der Waals surface area contributed by atoms with Crippen molar-refractivity contribution < 1.29 is 19.1 Å². The minimum Gasteiger partial charge on any atom is -0.449 e. The summed E-state index contributed by atoms with van der Waals surface area (Å²) in [5, 5.41) is 2.20. The maximum atomic E-state index is 13.0. The van der Waals surface area contributed by atoms with Gasteiger partial charge in [0, 0.05) is 16.0 Å². The maximum Gasteiger partial charge on any atom is 0.308 e. The second-order valence-electron chi connectivity index (χ2n) is 6.81. The van der Waals surface area contributed by atoms with Gasteiger partial charge in [-0.1, -0.05) is 72.8 Å². The zero-order chi connectivity index (χ0) is 20.9. The Labute approximate surface area is 178 Å².